The largest absolute Gasteiger partial charge is 0.507 e. The van der Waals surface area contributed by atoms with Crippen molar-refractivity contribution in [2.75, 3.05) is 21.3 Å². The summed E-state index contributed by atoms with van der Waals surface area (Å²) in [4.78, 5) is 64.6. The van der Waals surface area contributed by atoms with Crippen LogP contribution in [0.1, 0.15) is 62.0 Å². The number of carbonyl (C=O) groups excluding carboxylic acids is 5. The highest BCUT2D eigenvalue weighted by Crippen LogP contribution is 2.49. The van der Waals surface area contributed by atoms with E-state index in [-0.39, 0.29) is 28.9 Å². The summed E-state index contributed by atoms with van der Waals surface area (Å²) < 4.78 is 19.9. The van der Waals surface area contributed by atoms with Crippen LogP contribution in [0.4, 0.5) is 0 Å². The summed E-state index contributed by atoms with van der Waals surface area (Å²) in [5.74, 6) is -10.6. The maximum Gasteiger partial charge on any atom is 0.353 e. The van der Waals surface area contributed by atoms with Crippen LogP contribution in [0.2, 0.25) is 0 Å². The van der Waals surface area contributed by atoms with Gasteiger partial charge < -0.3 is 49.6 Å². The lowest BCUT2D eigenvalue weighted by atomic mass is 9.79. The fourth-order valence-corrected chi connectivity index (χ4v) is 5.66. The van der Waals surface area contributed by atoms with E-state index in [1.54, 1.807) is 0 Å². The molecule has 4 rings (SSSR count). The normalized spacial score (nSPS) is 16.6. The molecule has 3 aromatic rings. The summed E-state index contributed by atoms with van der Waals surface area (Å²) in [6.45, 7) is 2.77. The van der Waals surface area contributed by atoms with Gasteiger partial charge in [-0.1, -0.05) is 6.92 Å². The molecule has 254 valence electrons. The van der Waals surface area contributed by atoms with Crippen LogP contribution in [-0.4, -0.2) is 93.1 Å². The maximum absolute atomic E-state index is 13.7. The van der Waals surface area contributed by atoms with E-state index in [0.717, 1.165) is 51.7 Å². The number of methoxy groups -OCH3 is 3. The number of carbonyl (C=O) groups is 5. The lowest BCUT2D eigenvalue weighted by Crippen LogP contribution is -2.60. The second kappa shape index (κ2) is 13.1. The molecule has 0 bridgehead atoms. The summed E-state index contributed by atoms with van der Waals surface area (Å²) >= 11 is 0. The minimum atomic E-state index is -2.32. The Kier molecular flexibility index (Phi) is 9.57. The minimum Gasteiger partial charge on any atom is -0.507 e. The number of phenols is 5. The molecule has 15 heteroatoms. The molecule has 0 radical (unpaired) electrons. The van der Waals surface area contributed by atoms with Gasteiger partial charge in [0.2, 0.25) is 11.4 Å². The van der Waals surface area contributed by atoms with Gasteiger partial charge in [-0.25, -0.2) is 9.59 Å². The van der Waals surface area contributed by atoms with Gasteiger partial charge in [0.1, 0.15) is 57.3 Å². The van der Waals surface area contributed by atoms with Gasteiger partial charge in [-0.3, -0.25) is 14.4 Å². The summed E-state index contributed by atoms with van der Waals surface area (Å²) in [5.41, 5.74) is -5.72. The first-order valence-corrected chi connectivity index (χ1v) is 14.2. The van der Waals surface area contributed by atoms with Crippen molar-refractivity contribution in [1.82, 2.24) is 0 Å². The Morgan fingerprint density at radius 1 is 0.833 bits per heavy atom. The van der Waals surface area contributed by atoms with Gasteiger partial charge in [-0.2, -0.15) is 0 Å². The van der Waals surface area contributed by atoms with Gasteiger partial charge >= 0.3 is 17.9 Å². The Morgan fingerprint density at radius 2 is 1.46 bits per heavy atom. The molecule has 1 aliphatic heterocycles. The summed E-state index contributed by atoms with van der Waals surface area (Å²) in [6, 6.07) is 5.33. The average Bonchev–Trinajstić information content (AvgIpc) is 3.05. The van der Waals surface area contributed by atoms with Gasteiger partial charge in [-0.15, -0.1) is 0 Å². The van der Waals surface area contributed by atoms with Gasteiger partial charge in [0.25, 0.3) is 0 Å². The zero-order chi connectivity index (χ0) is 35.8. The quantitative estimate of drug-likeness (QED) is 0.0831. The van der Waals surface area contributed by atoms with E-state index in [9.17, 15) is 54.6 Å². The van der Waals surface area contributed by atoms with E-state index in [1.807, 2.05) is 0 Å². The van der Waals surface area contributed by atoms with Crippen molar-refractivity contribution < 1.29 is 73.6 Å². The first-order valence-electron chi connectivity index (χ1n) is 14.2. The SMILES string of the molecule is COC(=O)C[C@@H](C)[C@H](O)[C@@]1(C(=O)OC)CC(=O)c2c(ccc(-c3ccc(O)c(C(=O)c4c(O)cc(C)c(O)c4C(=O)OC)c3O)c2O)O1. The highest BCUT2D eigenvalue weighted by Gasteiger charge is 2.56. The third-order valence-electron chi connectivity index (χ3n) is 8.16. The predicted octanol–water partition coefficient (Wildman–Crippen LogP) is 2.64. The Bertz CT molecular complexity index is 1860. The number of phenolic OH excluding ortho intramolecular Hbond substituents is 5. The summed E-state index contributed by atoms with van der Waals surface area (Å²) in [5, 5.41) is 65.4. The van der Waals surface area contributed by atoms with E-state index >= 15 is 0 Å². The molecule has 1 heterocycles. The minimum absolute atomic E-state index is 0.0131. The van der Waals surface area contributed by atoms with Gasteiger partial charge in [0.05, 0.1) is 39.7 Å². The van der Waals surface area contributed by atoms with Crippen molar-refractivity contribution in [3.8, 4) is 45.6 Å². The van der Waals surface area contributed by atoms with Crippen molar-refractivity contribution in [2.24, 2.45) is 5.92 Å². The lowest BCUT2D eigenvalue weighted by molar-refractivity contribution is -0.176. The third kappa shape index (κ3) is 5.68. The molecule has 3 atom stereocenters. The number of ether oxygens (including phenoxy) is 4. The predicted molar refractivity (Wildman–Crippen MR) is 162 cm³/mol. The number of esters is 3. The Hall–Kier alpha value is -5.83. The van der Waals surface area contributed by atoms with Crippen LogP contribution in [-0.2, 0) is 23.8 Å². The Labute approximate surface area is 272 Å². The fourth-order valence-electron chi connectivity index (χ4n) is 5.66. The second-order valence-electron chi connectivity index (χ2n) is 11.1. The number of hydrogen-bond acceptors (Lipinski definition) is 15. The number of Topliss-reactive ketones (excluding diaryl/α,β-unsaturated/α-hetero) is 1. The second-order valence-corrected chi connectivity index (χ2v) is 11.1. The molecule has 0 fully saturated rings. The molecule has 6 N–H and O–H groups in total. The lowest BCUT2D eigenvalue weighted by Gasteiger charge is -2.40. The van der Waals surface area contributed by atoms with Gasteiger partial charge in [0, 0.05) is 11.1 Å². The molecular weight excluding hydrogens is 636 g/mol. The fraction of sp³-hybridized carbons (Fsp3) is 0.303. The molecule has 0 amide bonds. The highest BCUT2D eigenvalue weighted by atomic mass is 16.6. The van der Waals surface area contributed by atoms with E-state index in [0.29, 0.717) is 0 Å². The smallest absolute Gasteiger partial charge is 0.353 e. The first kappa shape index (κ1) is 35.0. The molecule has 0 aliphatic carbocycles. The number of aliphatic hydroxyl groups excluding tert-OH is 1. The topological polar surface area (TPSA) is 244 Å². The van der Waals surface area contributed by atoms with Crippen LogP contribution in [0.3, 0.4) is 0 Å². The van der Waals surface area contributed by atoms with Crippen LogP contribution in [0.5, 0.6) is 34.5 Å². The number of aryl methyl sites for hydroxylation is 1. The zero-order valence-electron chi connectivity index (χ0n) is 26.3. The molecule has 0 unspecified atom stereocenters. The standard InChI is InChI=1S/C33H32O15/c1-13-10-18(35)23(25(26(13)38)31(43)46-4)29(41)24-17(34)8-6-15(28(24)40)16-7-9-20-22(27(16)39)19(36)12-33(48-20,32(44)47-5)30(42)14(2)11-21(37)45-3/h6-10,14,30,34-35,38-40,42H,11-12H2,1-5H3/t14-,30+,33-/m1/s1. The summed E-state index contributed by atoms with van der Waals surface area (Å²) in [7, 11) is 3.11. The maximum atomic E-state index is 13.7. The number of rotatable bonds is 9. The van der Waals surface area contributed by atoms with Gasteiger partial charge in [0.15, 0.2) is 5.78 Å². The van der Waals surface area contributed by atoms with Crippen molar-refractivity contribution in [3.63, 3.8) is 0 Å². The van der Waals surface area contributed by atoms with Crippen LogP contribution in [0.25, 0.3) is 11.1 Å². The van der Waals surface area contributed by atoms with Crippen molar-refractivity contribution in [1.29, 1.82) is 0 Å². The molecule has 0 aromatic heterocycles. The van der Waals surface area contributed by atoms with E-state index in [1.165, 1.54) is 13.8 Å². The van der Waals surface area contributed by atoms with Crippen molar-refractivity contribution >= 4 is 29.5 Å². The Balaban J connectivity index is 1.85. The van der Waals surface area contributed by atoms with Crippen LogP contribution in [0, 0.1) is 12.8 Å². The molecule has 0 saturated heterocycles. The molecular formula is C33H32O15. The number of hydrogen-bond donors (Lipinski definition) is 6. The number of ketones is 2. The van der Waals surface area contributed by atoms with E-state index in [4.69, 9.17) is 9.47 Å². The average molecular weight is 669 g/mol. The van der Waals surface area contributed by atoms with Gasteiger partial charge in [-0.05, 0) is 48.7 Å². The monoisotopic (exact) mass is 668 g/mol. The van der Waals surface area contributed by atoms with Crippen LogP contribution in [0.15, 0.2) is 30.3 Å². The highest BCUT2D eigenvalue weighted by molar-refractivity contribution is 6.20. The number of aromatic hydroxyl groups is 5. The van der Waals surface area contributed by atoms with E-state index in [2.05, 4.69) is 9.47 Å². The first-order chi connectivity index (χ1) is 22.6. The van der Waals surface area contributed by atoms with Crippen LogP contribution >= 0.6 is 0 Å². The number of fused-ring (bicyclic) bond motifs is 1. The third-order valence-corrected chi connectivity index (χ3v) is 8.16. The van der Waals surface area contributed by atoms with E-state index < -0.39 is 105 Å². The molecule has 0 saturated carbocycles. The number of benzene rings is 3. The van der Waals surface area contributed by atoms with Crippen LogP contribution < -0.4 is 4.74 Å². The summed E-state index contributed by atoms with van der Waals surface area (Å²) in [6.07, 6.45) is -2.94. The molecule has 48 heavy (non-hydrogen) atoms. The van der Waals surface area contributed by atoms with Crippen molar-refractivity contribution in [3.05, 3.63) is 58.1 Å². The number of aliphatic hydroxyl groups is 1. The zero-order valence-corrected chi connectivity index (χ0v) is 26.3. The molecule has 0 spiro atoms. The molecule has 15 nitrogen and oxygen atoms in total. The molecule has 3 aromatic carbocycles. The Morgan fingerprint density at radius 3 is 2.06 bits per heavy atom. The van der Waals surface area contributed by atoms with Crippen molar-refractivity contribution in [2.45, 2.75) is 38.4 Å². The molecule has 1 aliphatic rings.